The Morgan fingerprint density at radius 3 is 2.59 bits per heavy atom. The molecule has 0 radical (unpaired) electrons. The third kappa shape index (κ3) is 1.46. The summed E-state index contributed by atoms with van der Waals surface area (Å²) in [6.45, 7) is 0. The molecule has 0 aliphatic heterocycles. The Bertz CT molecular complexity index is 1140. The molecule has 0 bridgehead atoms. The Hall–Kier alpha value is -3.14. The molecule has 2 aromatic heterocycles. The molecule has 4 heteroatoms. The van der Waals surface area contributed by atoms with Crippen LogP contribution in [-0.2, 0) is 0 Å². The van der Waals surface area contributed by atoms with E-state index in [9.17, 15) is 0 Å². The lowest BCUT2D eigenvalue weighted by molar-refractivity contribution is 0.661. The first kappa shape index (κ1) is 11.5. The first-order valence-corrected chi connectivity index (χ1v) is 7.13. The van der Waals surface area contributed by atoms with E-state index in [2.05, 4.69) is 22.4 Å². The van der Waals surface area contributed by atoms with Crippen molar-refractivity contribution in [1.82, 2.24) is 15.0 Å². The lowest BCUT2D eigenvalue weighted by Crippen LogP contribution is -1.96. The molecule has 0 N–H and O–H groups in total. The third-order valence-electron chi connectivity index (χ3n) is 3.96. The van der Waals surface area contributed by atoms with E-state index in [-0.39, 0.29) is 0 Å². The van der Waals surface area contributed by atoms with Gasteiger partial charge in [-0.05, 0) is 24.3 Å². The Labute approximate surface area is 125 Å². The summed E-state index contributed by atoms with van der Waals surface area (Å²) >= 11 is 0. The average Bonchev–Trinajstić information content (AvgIpc) is 3.16. The molecule has 104 valence electrons. The number of hydrogen-bond acceptors (Lipinski definition) is 3. The molecular formula is C18H11N3O. The molecule has 0 saturated carbocycles. The minimum atomic E-state index is 0.833. The second-order valence-corrected chi connectivity index (χ2v) is 5.24. The third-order valence-corrected chi connectivity index (χ3v) is 3.96. The minimum Gasteiger partial charge on any atom is -0.454 e. The van der Waals surface area contributed by atoms with E-state index in [1.54, 1.807) is 0 Å². The topological polar surface area (TPSA) is 43.9 Å². The highest BCUT2D eigenvalue weighted by atomic mass is 16.3. The summed E-state index contributed by atoms with van der Waals surface area (Å²) in [4.78, 5) is 0. The Balaban J connectivity index is 1.92. The summed E-state index contributed by atoms with van der Waals surface area (Å²) < 4.78 is 7.90. The van der Waals surface area contributed by atoms with Gasteiger partial charge in [-0.15, -0.1) is 5.10 Å². The van der Waals surface area contributed by atoms with Gasteiger partial charge < -0.3 is 4.42 Å². The predicted octanol–water partition coefficient (Wildman–Crippen LogP) is 4.32. The fraction of sp³-hybridized carbons (Fsp3) is 0. The van der Waals surface area contributed by atoms with Crippen molar-refractivity contribution in [2.75, 3.05) is 0 Å². The monoisotopic (exact) mass is 285 g/mol. The lowest BCUT2D eigenvalue weighted by atomic mass is 10.1. The van der Waals surface area contributed by atoms with Gasteiger partial charge in [-0.25, -0.2) is 4.68 Å². The number of rotatable bonds is 1. The average molecular weight is 285 g/mol. The van der Waals surface area contributed by atoms with Crippen molar-refractivity contribution in [2.45, 2.75) is 0 Å². The largest absolute Gasteiger partial charge is 0.454 e. The number of hydrogen-bond donors (Lipinski definition) is 0. The van der Waals surface area contributed by atoms with Gasteiger partial charge in [-0.2, -0.15) is 0 Å². The number of furan rings is 1. The molecule has 5 aromatic rings. The van der Waals surface area contributed by atoms with Gasteiger partial charge in [0, 0.05) is 10.8 Å². The van der Waals surface area contributed by atoms with E-state index >= 15 is 0 Å². The Morgan fingerprint density at radius 1 is 0.773 bits per heavy atom. The number of benzene rings is 3. The summed E-state index contributed by atoms with van der Waals surface area (Å²) in [5.41, 5.74) is 4.46. The number of aromatic nitrogens is 3. The van der Waals surface area contributed by atoms with E-state index in [4.69, 9.17) is 4.42 Å². The van der Waals surface area contributed by atoms with Gasteiger partial charge in [0.2, 0.25) is 0 Å². The maximum atomic E-state index is 6.07. The molecule has 0 aliphatic rings. The zero-order chi connectivity index (χ0) is 14.5. The zero-order valence-corrected chi connectivity index (χ0v) is 11.6. The molecular weight excluding hydrogens is 274 g/mol. The zero-order valence-electron chi connectivity index (χ0n) is 11.6. The smallest absolute Gasteiger partial charge is 0.161 e. The molecule has 4 nitrogen and oxygen atoms in total. The molecule has 5 rings (SSSR count). The summed E-state index contributed by atoms with van der Waals surface area (Å²) in [6, 6.07) is 22.1. The molecule has 0 saturated heterocycles. The van der Waals surface area contributed by atoms with Crippen LogP contribution in [0.15, 0.2) is 71.1 Å². The Kier molecular flexibility index (Phi) is 2.19. The molecule has 0 atom stereocenters. The SMILES string of the molecule is c1ccc2c(c1)nnn2-c1cccc2c1oc1ccccc12. The van der Waals surface area contributed by atoms with Gasteiger partial charge in [0.1, 0.15) is 16.8 Å². The van der Waals surface area contributed by atoms with E-state index < -0.39 is 0 Å². The maximum Gasteiger partial charge on any atom is 0.161 e. The molecule has 2 heterocycles. The second kappa shape index (κ2) is 4.18. The van der Waals surface area contributed by atoms with E-state index in [0.29, 0.717) is 0 Å². The highest BCUT2D eigenvalue weighted by Crippen LogP contribution is 2.32. The van der Waals surface area contributed by atoms with Crippen molar-refractivity contribution in [3.05, 3.63) is 66.7 Å². The van der Waals surface area contributed by atoms with Gasteiger partial charge in [-0.1, -0.05) is 47.7 Å². The van der Waals surface area contributed by atoms with Gasteiger partial charge in [0.15, 0.2) is 5.58 Å². The van der Waals surface area contributed by atoms with Crippen LogP contribution in [0.25, 0.3) is 38.7 Å². The second-order valence-electron chi connectivity index (χ2n) is 5.24. The quantitative estimate of drug-likeness (QED) is 0.460. The highest BCUT2D eigenvalue weighted by Gasteiger charge is 2.14. The van der Waals surface area contributed by atoms with Gasteiger partial charge in [0.25, 0.3) is 0 Å². The van der Waals surface area contributed by atoms with E-state index in [1.165, 1.54) is 0 Å². The normalized spacial score (nSPS) is 11.6. The summed E-state index contributed by atoms with van der Waals surface area (Å²) in [6.07, 6.45) is 0. The Morgan fingerprint density at radius 2 is 1.59 bits per heavy atom. The first-order valence-electron chi connectivity index (χ1n) is 7.13. The van der Waals surface area contributed by atoms with Gasteiger partial charge in [0.05, 0.1) is 5.52 Å². The minimum absolute atomic E-state index is 0.833. The molecule has 22 heavy (non-hydrogen) atoms. The van der Waals surface area contributed by atoms with Crippen LogP contribution in [0, 0.1) is 0 Å². The number of para-hydroxylation sites is 3. The van der Waals surface area contributed by atoms with Crippen LogP contribution < -0.4 is 0 Å². The predicted molar refractivity (Wildman–Crippen MR) is 86.1 cm³/mol. The summed E-state index contributed by atoms with van der Waals surface area (Å²) in [5.74, 6) is 0. The molecule has 3 aromatic carbocycles. The summed E-state index contributed by atoms with van der Waals surface area (Å²) in [7, 11) is 0. The van der Waals surface area contributed by atoms with Crippen LogP contribution in [0.3, 0.4) is 0 Å². The van der Waals surface area contributed by atoms with Crippen LogP contribution in [0.5, 0.6) is 0 Å². The van der Waals surface area contributed by atoms with Crippen LogP contribution in [0.4, 0.5) is 0 Å². The molecule has 0 unspecified atom stereocenters. The highest BCUT2D eigenvalue weighted by molar-refractivity contribution is 6.07. The number of nitrogens with zero attached hydrogens (tertiary/aromatic N) is 3. The summed E-state index contributed by atoms with van der Waals surface area (Å²) in [5, 5.41) is 10.7. The fourth-order valence-corrected chi connectivity index (χ4v) is 2.95. The van der Waals surface area contributed by atoms with E-state index in [1.807, 2.05) is 59.3 Å². The molecule has 0 aliphatic carbocycles. The molecule has 0 spiro atoms. The first-order chi connectivity index (χ1) is 10.9. The van der Waals surface area contributed by atoms with Crippen molar-refractivity contribution >= 4 is 33.0 Å². The van der Waals surface area contributed by atoms with Crippen molar-refractivity contribution in [3.8, 4) is 5.69 Å². The van der Waals surface area contributed by atoms with Crippen molar-refractivity contribution < 1.29 is 4.42 Å². The van der Waals surface area contributed by atoms with Crippen molar-refractivity contribution in [2.24, 2.45) is 0 Å². The molecule has 0 amide bonds. The van der Waals surface area contributed by atoms with Crippen LogP contribution in [0.1, 0.15) is 0 Å². The van der Waals surface area contributed by atoms with Gasteiger partial charge in [-0.3, -0.25) is 0 Å². The van der Waals surface area contributed by atoms with E-state index in [0.717, 1.165) is 38.7 Å². The fourth-order valence-electron chi connectivity index (χ4n) is 2.95. The lowest BCUT2D eigenvalue weighted by Gasteiger charge is -2.02. The van der Waals surface area contributed by atoms with Crippen LogP contribution in [-0.4, -0.2) is 15.0 Å². The van der Waals surface area contributed by atoms with Crippen LogP contribution in [0.2, 0.25) is 0 Å². The van der Waals surface area contributed by atoms with Crippen LogP contribution >= 0.6 is 0 Å². The van der Waals surface area contributed by atoms with Crippen molar-refractivity contribution in [1.29, 1.82) is 0 Å². The maximum absolute atomic E-state index is 6.07. The molecule has 0 fully saturated rings. The number of fused-ring (bicyclic) bond motifs is 4. The van der Waals surface area contributed by atoms with Gasteiger partial charge >= 0.3 is 0 Å². The standard InChI is InChI=1S/C18H11N3O/c1-4-11-17-12(6-1)13-7-5-10-16(18(13)22-17)21-15-9-3-2-8-14(15)19-20-21/h1-11H. The van der Waals surface area contributed by atoms with Crippen molar-refractivity contribution in [3.63, 3.8) is 0 Å².